The van der Waals surface area contributed by atoms with Gasteiger partial charge in [0.25, 0.3) is 0 Å². The van der Waals surface area contributed by atoms with E-state index in [4.69, 9.17) is 10.5 Å². The molecule has 0 bridgehead atoms. The number of amides is 1. The molecule has 1 aliphatic rings. The van der Waals surface area contributed by atoms with Gasteiger partial charge in [0.1, 0.15) is 0 Å². The lowest BCUT2D eigenvalue weighted by molar-refractivity contribution is -0.120. The summed E-state index contributed by atoms with van der Waals surface area (Å²) >= 11 is 0. The third kappa shape index (κ3) is 4.08. The highest BCUT2D eigenvalue weighted by Crippen LogP contribution is 2.12. The second-order valence-electron chi connectivity index (χ2n) is 4.27. The summed E-state index contributed by atoms with van der Waals surface area (Å²) in [5.41, 5.74) is 5.35. The van der Waals surface area contributed by atoms with E-state index in [1.807, 2.05) is 6.92 Å². The average molecular weight is 229 g/mol. The number of rotatable bonds is 6. The maximum atomic E-state index is 11.2. The lowest BCUT2D eigenvalue weighted by atomic mass is 10.1. The van der Waals surface area contributed by atoms with Crippen molar-refractivity contribution in [2.45, 2.75) is 31.9 Å². The Hall–Kier alpha value is -0.650. The number of primary amides is 1. The molecule has 0 aromatic rings. The predicted molar refractivity (Wildman–Crippen MR) is 63.1 cm³/mol. The van der Waals surface area contributed by atoms with Crippen molar-refractivity contribution in [3.63, 3.8) is 0 Å². The van der Waals surface area contributed by atoms with Crippen molar-refractivity contribution in [3.05, 3.63) is 0 Å². The average Bonchev–Trinajstić information content (AvgIpc) is 2.28. The van der Waals surface area contributed by atoms with Gasteiger partial charge in [-0.3, -0.25) is 9.69 Å². The molecule has 0 saturated carbocycles. The van der Waals surface area contributed by atoms with Gasteiger partial charge < -0.3 is 15.8 Å². The minimum Gasteiger partial charge on any atom is -0.380 e. The van der Waals surface area contributed by atoms with E-state index in [1.165, 1.54) is 0 Å². The van der Waals surface area contributed by atoms with Crippen molar-refractivity contribution in [1.82, 2.24) is 10.2 Å². The first-order chi connectivity index (χ1) is 7.67. The molecule has 2 unspecified atom stereocenters. The van der Waals surface area contributed by atoms with Gasteiger partial charge in [-0.25, -0.2) is 0 Å². The molecule has 94 valence electrons. The van der Waals surface area contributed by atoms with Crippen LogP contribution in [0.25, 0.3) is 0 Å². The lowest BCUT2D eigenvalue weighted by Gasteiger charge is -2.33. The second kappa shape index (κ2) is 6.83. The van der Waals surface area contributed by atoms with Crippen LogP contribution in [0.5, 0.6) is 0 Å². The van der Waals surface area contributed by atoms with E-state index in [-0.39, 0.29) is 11.9 Å². The van der Waals surface area contributed by atoms with Crippen molar-refractivity contribution in [1.29, 1.82) is 0 Å². The molecule has 1 amide bonds. The van der Waals surface area contributed by atoms with Gasteiger partial charge in [-0.2, -0.15) is 0 Å². The van der Waals surface area contributed by atoms with Crippen molar-refractivity contribution in [3.8, 4) is 0 Å². The monoisotopic (exact) mass is 229 g/mol. The van der Waals surface area contributed by atoms with Crippen molar-refractivity contribution in [2.75, 3.05) is 33.3 Å². The van der Waals surface area contributed by atoms with Gasteiger partial charge in [0, 0.05) is 20.2 Å². The van der Waals surface area contributed by atoms with Crippen LogP contribution < -0.4 is 11.1 Å². The Morgan fingerprint density at radius 2 is 2.44 bits per heavy atom. The van der Waals surface area contributed by atoms with E-state index in [0.29, 0.717) is 12.6 Å². The Balaban J connectivity index is 2.41. The molecular weight excluding hydrogens is 206 g/mol. The largest absolute Gasteiger partial charge is 0.380 e. The van der Waals surface area contributed by atoms with E-state index < -0.39 is 0 Å². The standard InChI is InChI=1S/C11H23N3O2/c1-3-13-10(11(12)15)8-14-6-4-5-9(7-14)16-2/h9-10,13H,3-8H2,1-2H3,(H2,12,15). The molecule has 16 heavy (non-hydrogen) atoms. The van der Waals surface area contributed by atoms with Crippen LogP contribution >= 0.6 is 0 Å². The maximum absolute atomic E-state index is 11.2. The molecule has 2 atom stereocenters. The van der Waals surface area contributed by atoms with Crippen LogP contribution in [0.1, 0.15) is 19.8 Å². The van der Waals surface area contributed by atoms with Gasteiger partial charge in [-0.15, -0.1) is 0 Å². The molecule has 5 nitrogen and oxygen atoms in total. The molecular formula is C11H23N3O2. The molecule has 0 aliphatic carbocycles. The zero-order valence-electron chi connectivity index (χ0n) is 10.2. The van der Waals surface area contributed by atoms with Crippen molar-refractivity contribution < 1.29 is 9.53 Å². The zero-order valence-corrected chi connectivity index (χ0v) is 10.2. The fraction of sp³-hybridized carbons (Fsp3) is 0.909. The van der Waals surface area contributed by atoms with Gasteiger partial charge in [0.05, 0.1) is 12.1 Å². The number of nitrogens with zero attached hydrogens (tertiary/aromatic N) is 1. The number of nitrogens with one attached hydrogen (secondary N) is 1. The maximum Gasteiger partial charge on any atom is 0.235 e. The van der Waals surface area contributed by atoms with Crippen LogP contribution in [0.4, 0.5) is 0 Å². The van der Waals surface area contributed by atoms with Gasteiger partial charge in [0.2, 0.25) is 5.91 Å². The molecule has 3 N–H and O–H groups in total. The van der Waals surface area contributed by atoms with Crippen LogP contribution in [0.15, 0.2) is 0 Å². The fourth-order valence-corrected chi connectivity index (χ4v) is 2.13. The number of hydrogen-bond acceptors (Lipinski definition) is 4. The molecule has 1 aliphatic heterocycles. The molecule has 1 heterocycles. The van der Waals surface area contributed by atoms with Gasteiger partial charge in [0.15, 0.2) is 0 Å². The van der Waals surface area contributed by atoms with Crippen LogP contribution in [0, 0.1) is 0 Å². The van der Waals surface area contributed by atoms with Crippen LogP contribution in [0.3, 0.4) is 0 Å². The smallest absolute Gasteiger partial charge is 0.235 e. The Morgan fingerprint density at radius 1 is 1.69 bits per heavy atom. The number of carbonyl (C=O) groups is 1. The number of piperidine rings is 1. The number of ether oxygens (including phenoxy) is 1. The minimum absolute atomic E-state index is 0.249. The summed E-state index contributed by atoms with van der Waals surface area (Å²) in [4.78, 5) is 13.5. The SMILES string of the molecule is CCNC(CN1CCCC(OC)C1)C(N)=O. The lowest BCUT2D eigenvalue weighted by Crippen LogP contribution is -2.51. The summed E-state index contributed by atoms with van der Waals surface area (Å²) in [6.45, 7) is 5.34. The van der Waals surface area contributed by atoms with E-state index in [1.54, 1.807) is 7.11 Å². The first-order valence-electron chi connectivity index (χ1n) is 5.95. The third-order valence-corrected chi connectivity index (χ3v) is 3.03. The van der Waals surface area contributed by atoms with E-state index >= 15 is 0 Å². The van der Waals surface area contributed by atoms with E-state index in [2.05, 4.69) is 10.2 Å². The topological polar surface area (TPSA) is 67.6 Å². The van der Waals surface area contributed by atoms with E-state index in [9.17, 15) is 4.79 Å². The minimum atomic E-state index is -0.276. The Bertz CT molecular complexity index is 223. The summed E-state index contributed by atoms with van der Waals surface area (Å²) in [7, 11) is 1.74. The van der Waals surface area contributed by atoms with Crippen LogP contribution in [-0.2, 0) is 9.53 Å². The normalized spacial score (nSPS) is 24.2. The number of likely N-dealkylation sites (N-methyl/N-ethyl adjacent to an activating group) is 1. The number of likely N-dealkylation sites (tertiary alicyclic amines) is 1. The highest BCUT2D eigenvalue weighted by Gasteiger charge is 2.23. The van der Waals surface area contributed by atoms with Crippen LogP contribution in [0.2, 0.25) is 0 Å². The zero-order chi connectivity index (χ0) is 12.0. The molecule has 1 rings (SSSR count). The number of nitrogens with two attached hydrogens (primary N) is 1. The Kier molecular flexibility index (Phi) is 5.73. The first-order valence-corrected chi connectivity index (χ1v) is 5.95. The summed E-state index contributed by atoms with van der Waals surface area (Å²) < 4.78 is 5.35. The molecule has 1 saturated heterocycles. The van der Waals surface area contributed by atoms with Gasteiger partial charge in [-0.1, -0.05) is 6.92 Å². The molecule has 0 aromatic carbocycles. The van der Waals surface area contributed by atoms with E-state index in [0.717, 1.165) is 32.5 Å². The number of hydrogen-bond donors (Lipinski definition) is 2. The summed E-state index contributed by atoms with van der Waals surface area (Å²) in [6.07, 6.45) is 2.52. The first kappa shape index (κ1) is 13.4. The summed E-state index contributed by atoms with van der Waals surface area (Å²) in [6, 6.07) is -0.249. The second-order valence-corrected chi connectivity index (χ2v) is 4.27. The molecule has 0 radical (unpaired) electrons. The quantitative estimate of drug-likeness (QED) is 0.648. The highest BCUT2D eigenvalue weighted by atomic mass is 16.5. The summed E-state index contributed by atoms with van der Waals surface area (Å²) in [5, 5.41) is 3.11. The number of carbonyl (C=O) groups excluding carboxylic acids is 1. The van der Waals surface area contributed by atoms with Gasteiger partial charge >= 0.3 is 0 Å². The van der Waals surface area contributed by atoms with Gasteiger partial charge in [-0.05, 0) is 25.9 Å². The summed E-state index contributed by atoms with van der Waals surface area (Å²) in [5.74, 6) is -0.276. The van der Waals surface area contributed by atoms with Crippen molar-refractivity contribution in [2.24, 2.45) is 5.73 Å². The number of methoxy groups -OCH3 is 1. The highest BCUT2D eigenvalue weighted by molar-refractivity contribution is 5.80. The molecule has 0 aromatic heterocycles. The fourth-order valence-electron chi connectivity index (χ4n) is 2.13. The predicted octanol–water partition coefficient (Wildman–Crippen LogP) is -0.439. The molecule has 0 spiro atoms. The van der Waals surface area contributed by atoms with Crippen LogP contribution in [-0.4, -0.2) is 56.2 Å². The Labute approximate surface area is 97.3 Å². The van der Waals surface area contributed by atoms with Crippen molar-refractivity contribution >= 4 is 5.91 Å². The molecule has 5 heteroatoms. The molecule has 1 fully saturated rings. The third-order valence-electron chi connectivity index (χ3n) is 3.03. The Morgan fingerprint density at radius 3 is 3.00 bits per heavy atom.